The third-order valence-corrected chi connectivity index (χ3v) is 5.61. The molecule has 0 aliphatic carbocycles. The molecule has 2 heterocycles. The molecule has 0 spiro atoms. The molecule has 2 aromatic carbocycles. The van der Waals surface area contributed by atoms with Crippen molar-refractivity contribution in [3.8, 4) is 0 Å². The van der Waals surface area contributed by atoms with Crippen molar-refractivity contribution in [3.63, 3.8) is 0 Å². The van der Waals surface area contributed by atoms with Gasteiger partial charge in [0.15, 0.2) is 0 Å². The van der Waals surface area contributed by atoms with Gasteiger partial charge in [-0.2, -0.15) is 0 Å². The molecule has 1 saturated heterocycles. The summed E-state index contributed by atoms with van der Waals surface area (Å²) < 4.78 is 0. The van der Waals surface area contributed by atoms with Gasteiger partial charge in [0.1, 0.15) is 0 Å². The molecular formula is C22H20ClN3O3. The van der Waals surface area contributed by atoms with E-state index in [9.17, 15) is 14.4 Å². The van der Waals surface area contributed by atoms with Gasteiger partial charge in [-0.15, -0.1) is 6.58 Å². The van der Waals surface area contributed by atoms with E-state index in [1.807, 2.05) is 24.3 Å². The van der Waals surface area contributed by atoms with Crippen LogP contribution in [0.1, 0.15) is 31.1 Å². The summed E-state index contributed by atoms with van der Waals surface area (Å²) in [5, 5.41) is 0.693. The molecule has 6 nitrogen and oxygen atoms in total. The molecule has 0 saturated carbocycles. The summed E-state index contributed by atoms with van der Waals surface area (Å²) in [6.45, 7) is 6.18. The number of benzene rings is 2. The number of para-hydroxylation sites is 1. The minimum absolute atomic E-state index is 0.144. The zero-order valence-electron chi connectivity index (χ0n) is 15.8. The first-order chi connectivity index (χ1) is 14.0. The van der Waals surface area contributed by atoms with Gasteiger partial charge >= 0.3 is 0 Å². The van der Waals surface area contributed by atoms with E-state index in [4.69, 9.17) is 11.6 Å². The maximum atomic E-state index is 13.0. The van der Waals surface area contributed by atoms with Crippen LogP contribution in [0.15, 0.2) is 55.1 Å². The van der Waals surface area contributed by atoms with Crippen LogP contribution in [0.2, 0.25) is 5.02 Å². The molecule has 1 fully saturated rings. The summed E-state index contributed by atoms with van der Waals surface area (Å²) in [5.41, 5.74) is 1.98. The van der Waals surface area contributed by atoms with Crippen LogP contribution in [0.3, 0.4) is 0 Å². The van der Waals surface area contributed by atoms with Crippen LogP contribution in [-0.2, 0) is 0 Å². The number of piperazine rings is 1. The number of fused-ring (bicyclic) bond motifs is 1. The fourth-order valence-corrected chi connectivity index (χ4v) is 4.02. The summed E-state index contributed by atoms with van der Waals surface area (Å²) in [4.78, 5) is 42.8. The highest BCUT2D eigenvalue weighted by atomic mass is 35.5. The molecule has 0 bridgehead atoms. The second kappa shape index (κ2) is 7.72. The maximum absolute atomic E-state index is 13.0. The average Bonchev–Trinajstić information content (AvgIpc) is 2.98. The first-order valence-corrected chi connectivity index (χ1v) is 9.79. The lowest BCUT2D eigenvalue weighted by Gasteiger charge is -2.36. The Labute approximate surface area is 174 Å². The first-order valence-electron chi connectivity index (χ1n) is 9.41. The average molecular weight is 410 g/mol. The number of anilines is 1. The molecule has 7 heteroatoms. The van der Waals surface area contributed by atoms with E-state index in [0.717, 1.165) is 10.6 Å². The maximum Gasteiger partial charge on any atom is 0.261 e. The SMILES string of the molecule is C=CCN1C(=O)c2ccc(C(=O)N3CCN(c4ccccc4Cl)CC3)cc2C1=O. The monoisotopic (exact) mass is 409 g/mol. The second-order valence-corrected chi connectivity index (χ2v) is 7.41. The van der Waals surface area contributed by atoms with Gasteiger partial charge in [-0.25, -0.2) is 0 Å². The minimum Gasteiger partial charge on any atom is -0.367 e. The predicted octanol–water partition coefficient (Wildman–Crippen LogP) is 3.08. The minimum atomic E-state index is -0.386. The molecule has 0 N–H and O–H groups in total. The summed E-state index contributed by atoms with van der Waals surface area (Å²) in [7, 11) is 0. The van der Waals surface area contributed by atoms with Crippen LogP contribution in [0.5, 0.6) is 0 Å². The molecule has 0 aromatic heterocycles. The Morgan fingerprint density at radius 2 is 1.69 bits per heavy atom. The molecule has 2 aliphatic heterocycles. The Kier molecular flexibility index (Phi) is 5.11. The zero-order chi connectivity index (χ0) is 20.5. The lowest BCUT2D eigenvalue weighted by atomic mass is 10.0. The molecule has 0 atom stereocenters. The zero-order valence-corrected chi connectivity index (χ0v) is 16.6. The third-order valence-electron chi connectivity index (χ3n) is 5.29. The van der Waals surface area contributed by atoms with E-state index in [2.05, 4.69) is 11.5 Å². The number of nitrogens with zero attached hydrogens (tertiary/aromatic N) is 3. The van der Waals surface area contributed by atoms with Crippen molar-refractivity contribution in [1.29, 1.82) is 0 Å². The van der Waals surface area contributed by atoms with Crippen molar-refractivity contribution < 1.29 is 14.4 Å². The topological polar surface area (TPSA) is 60.9 Å². The molecular weight excluding hydrogens is 390 g/mol. The quantitative estimate of drug-likeness (QED) is 0.575. The van der Waals surface area contributed by atoms with Crippen LogP contribution in [0, 0.1) is 0 Å². The predicted molar refractivity (Wildman–Crippen MR) is 112 cm³/mol. The van der Waals surface area contributed by atoms with Gasteiger partial charge in [0.25, 0.3) is 17.7 Å². The van der Waals surface area contributed by atoms with E-state index < -0.39 is 0 Å². The number of halogens is 1. The molecule has 29 heavy (non-hydrogen) atoms. The number of amides is 3. The van der Waals surface area contributed by atoms with Gasteiger partial charge in [0, 0.05) is 38.3 Å². The van der Waals surface area contributed by atoms with Crippen molar-refractivity contribution in [2.24, 2.45) is 0 Å². The normalized spacial score (nSPS) is 16.2. The first kappa shape index (κ1) is 19.2. The lowest BCUT2D eigenvalue weighted by Crippen LogP contribution is -2.48. The van der Waals surface area contributed by atoms with E-state index in [1.54, 1.807) is 17.0 Å². The van der Waals surface area contributed by atoms with Crippen LogP contribution in [-0.4, -0.2) is 60.2 Å². The number of carbonyl (C=O) groups is 3. The summed E-state index contributed by atoms with van der Waals surface area (Å²) in [5.74, 6) is -0.880. The lowest BCUT2D eigenvalue weighted by molar-refractivity contribution is 0.0671. The number of hydrogen-bond donors (Lipinski definition) is 0. The number of imide groups is 1. The van der Waals surface area contributed by atoms with Crippen LogP contribution >= 0.6 is 11.6 Å². The van der Waals surface area contributed by atoms with E-state index >= 15 is 0 Å². The molecule has 0 unspecified atom stereocenters. The summed E-state index contributed by atoms with van der Waals surface area (Å²) >= 11 is 6.27. The van der Waals surface area contributed by atoms with Crippen molar-refractivity contribution in [3.05, 3.63) is 76.8 Å². The standard InChI is InChI=1S/C22H20ClN3O3/c1-2-9-26-21(28)16-8-7-15(14-17(16)22(26)29)20(27)25-12-10-24(11-13-25)19-6-4-3-5-18(19)23/h2-8,14H,1,9-13H2. The fourth-order valence-electron chi connectivity index (χ4n) is 3.76. The van der Waals surface area contributed by atoms with Gasteiger partial charge in [0.05, 0.1) is 21.8 Å². The van der Waals surface area contributed by atoms with E-state index in [-0.39, 0.29) is 29.8 Å². The van der Waals surface area contributed by atoms with Crippen LogP contribution in [0.4, 0.5) is 5.69 Å². The molecule has 3 amide bonds. The summed E-state index contributed by atoms with van der Waals surface area (Å²) in [6, 6.07) is 12.4. The van der Waals surface area contributed by atoms with Crippen LogP contribution < -0.4 is 4.90 Å². The van der Waals surface area contributed by atoms with Crippen LogP contribution in [0.25, 0.3) is 0 Å². The number of carbonyl (C=O) groups excluding carboxylic acids is 3. The highest BCUT2D eigenvalue weighted by molar-refractivity contribution is 6.33. The highest BCUT2D eigenvalue weighted by Crippen LogP contribution is 2.27. The Hall–Kier alpha value is -3.12. The second-order valence-electron chi connectivity index (χ2n) is 7.00. The van der Waals surface area contributed by atoms with Gasteiger partial charge in [-0.3, -0.25) is 19.3 Å². The number of hydrogen-bond acceptors (Lipinski definition) is 4. The molecule has 2 aliphatic rings. The van der Waals surface area contributed by atoms with Gasteiger partial charge < -0.3 is 9.80 Å². The van der Waals surface area contributed by atoms with E-state index in [0.29, 0.717) is 42.3 Å². The molecule has 148 valence electrons. The van der Waals surface area contributed by atoms with Crippen molar-refractivity contribution in [2.45, 2.75) is 0 Å². The van der Waals surface area contributed by atoms with Gasteiger partial charge in [-0.1, -0.05) is 29.8 Å². The van der Waals surface area contributed by atoms with E-state index in [1.165, 1.54) is 12.1 Å². The Morgan fingerprint density at radius 1 is 1.00 bits per heavy atom. The third kappa shape index (κ3) is 3.40. The van der Waals surface area contributed by atoms with Crippen molar-refractivity contribution in [1.82, 2.24) is 9.80 Å². The highest BCUT2D eigenvalue weighted by Gasteiger charge is 2.35. The molecule has 4 rings (SSSR count). The van der Waals surface area contributed by atoms with Crippen molar-refractivity contribution >= 4 is 35.0 Å². The Morgan fingerprint density at radius 3 is 2.38 bits per heavy atom. The smallest absolute Gasteiger partial charge is 0.261 e. The van der Waals surface area contributed by atoms with Crippen molar-refractivity contribution in [2.75, 3.05) is 37.6 Å². The molecule has 0 radical (unpaired) electrons. The Bertz CT molecular complexity index is 1010. The molecule has 2 aromatic rings. The number of rotatable bonds is 4. The largest absolute Gasteiger partial charge is 0.367 e. The summed E-state index contributed by atoms with van der Waals surface area (Å²) in [6.07, 6.45) is 1.51. The van der Waals surface area contributed by atoms with Gasteiger partial charge in [-0.05, 0) is 30.3 Å². The van der Waals surface area contributed by atoms with Gasteiger partial charge in [0.2, 0.25) is 0 Å². The fraction of sp³-hybridized carbons (Fsp3) is 0.227. The Balaban J connectivity index is 1.48.